The summed E-state index contributed by atoms with van der Waals surface area (Å²) in [6.45, 7) is 2.13. The number of hydrogen-bond acceptors (Lipinski definition) is 3. The normalized spacial score (nSPS) is 42.8. The molecule has 92 valence electrons. The van der Waals surface area contributed by atoms with Gasteiger partial charge in [-0.2, -0.15) is 0 Å². The highest BCUT2D eigenvalue weighted by atomic mass is 35.5. The molecular weight excluding hydrogens is 228 g/mol. The first kappa shape index (κ1) is 12.2. The predicted octanol–water partition coefficient (Wildman–Crippen LogP) is 2.85. The molecule has 1 saturated carbocycles. The van der Waals surface area contributed by atoms with E-state index in [0.717, 1.165) is 25.7 Å². The zero-order valence-corrected chi connectivity index (χ0v) is 10.7. The maximum Gasteiger partial charge on any atom is 0.357 e. The van der Waals surface area contributed by atoms with Crippen molar-refractivity contribution >= 4 is 17.6 Å². The van der Waals surface area contributed by atoms with Crippen molar-refractivity contribution in [3.63, 3.8) is 0 Å². The number of esters is 1. The van der Waals surface area contributed by atoms with Crippen molar-refractivity contribution in [1.29, 1.82) is 0 Å². The summed E-state index contributed by atoms with van der Waals surface area (Å²) < 4.78 is 10.4. The first-order valence-corrected chi connectivity index (χ1v) is 6.46. The SMILES string of the molecule is CCC1CCCCCC12OC2(Cl)C(=O)OC. The third kappa shape index (κ3) is 1.56. The number of carbonyl (C=O) groups excluding carboxylic acids is 1. The van der Waals surface area contributed by atoms with Crippen molar-refractivity contribution in [3.05, 3.63) is 0 Å². The minimum atomic E-state index is -1.20. The zero-order chi connectivity index (χ0) is 11.8. The molecule has 1 saturated heterocycles. The standard InChI is InChI=1S/C12H19ClO3/c1-3-9-7-5-4-6-8-11(9)12(13,16-11)10(14)15-2/h9H,3-8H2,1-2H3. The van der Waals surface area contributed by atoms with Crippen LogP contribution in [0, 0.1) is 5.92 Å². The third-order valence-corrected chi connectivity index (χ3v) is 4.58. The first-order valence-electron chi connectivity index (χ1n) is 6.08. The maximum absolute atomic E-state index is 11.7. The Balaban J connectivity index is 2.21. The second-order valence-electron chi connectivity index (χ2n) is 4.78. The molecule has 2 rings (SSSR count). The van der Waals surface area contributed by atoms with Crippen LogP contribution >= 0.6 is 11.6 Å². The number of carbonyl (C=O) groups is 1. The molecule has 3 atom stereocenters. The molecule has 2 aliphatic rings. The molecule has 0 radical (unpaired) electrons. The number of rotatable bonds is 2. The van der Waals surface area contributed by atoms with E-state index in [4.69, 9.17) is 21.1 Å². The Kier molecular flexibility index (Phi) is 3.19. The van der Waals surface area contributed by atoms with Crippen LogP contribution in [-0.4, -0.2) is 23.7 Å². The predicted molar refractivity (Wildman–Crippen MR) is 61.3 cm³/mol. The molecule has 0 aromatic heterocycles. The molecule has 0 amide bonds. The highest BCUT2D eigenvalue weighted by molar-refractivity contribution is 6.36. The van der Waals surface area contributed by atoms with E-state index in [1.165, 1.54) is 20.0 Å². The first-order chi connectivity index (χ1) is 7.60. The summed E-state index contributed by atoms with van der Waals surface area (Å²) in [5, 5.41) is -1.20. The van der Waals surface area contributed by atoms with Gasteiger partial charge in [0.15, 0.2) is 0 Å². The molecule has 0 aromatic carbocycles. The average Bonchev–Trinajstić information content (AvgIpc) is 2.96. The topological polar surface area (TPSA) is 38.8 Å². The molecular formula is C12H19ClO3. The molecule has 16 heavy (non-hydrogen) atoms. The molecule has 3 unspecified atom stereocenters. The molecule has 1 spiro atoms. The smallest absolute Gasteiger partial charge is 0.357 e. The Morgan fingerprint density at radius 1 is 1.50 bits per heavy atom. The van der Waals surface area contributed by atoms with Crippen molar-refractivity contribution < 1.29 is 14.3 Å². The lowest BCUT2D eigenvalue weighted by atomic mass is 9.82. The van der Waals surface area contributed by atoms with E-state index in [0.29, 0.717) is 5.92 Å². The summed E-state index contributed by atoms with van der Waals surface area (Å²) in [5.74, 6) is -0.0545. The van der Waals surface area contributed by atoms with E-state index in [1.54, 1.807) is 0 Å². The van der Waals surface area contributed by atoms with Gasteiger partial charge in [0.1, 0.15) is 5.60 Å². The van der Waals surface area contributed by atoms with Crippen molar-refractivity contribution in [2.75, 3.05) is 7.11 Å². The van der Waals surface area contributed by atoms with Gasteiger partial charge in [0.25, 0.3) is 5.06 Å². The van der Waals surface area contributed by atoms with Crippen LogP contribution in [0.1, 0.15) is 45.4 Å². The van der Waals surface area contributed by atoms with Gasteiger partial charge < -0.3 is 9.47 Å². The summed E-state index contributed by atoms with van der Waals surface area (Å²) in [7, 11) is 1.36. The van der Waals surface area contributed by atoms with E-state index in [2.05, 4.69) is 6.92 Å². The fourth-order valence-corrected chi connectivity index (χ4v) is 3.52. The van der Waals surface area contributed by atoms with Crippen LogP contribution < -0.4 is 0 Å². The van der Waals surface area contributed by atoms with Gasteiger partial charge in [0.05, 0.1) is 7.11 Å². The largest absolute Gasteiger partial charge is 0.466 e. The summed E-state index contributed by atoms with van der Waals surface area (Å²) in [6.07, 6.45) is 6.48. The highest BCUT2D eigenvalue weighted by Crippen LogP contribution is 2.62. The van der Waals surface area contributed by atoms with Crippen LogP contribution in [0.4, 0.5) is 0 Å². The Morgan fingerprint density at radius 2 is 2.25 bits per heavy atom. The van der Waals surface area contributed by atoms with Crippen molar-refractivity contribution in [3.8, 4) is 0 Å². The lowest BCUT2D eigenvalue weighted by Gasteiger charge is -2.21. The Bertz CT molecular complexity index is 294. The van der Waals surface area contributed by atoms with Crippen molar-refractivity contribution in [2.45, 2.75) is 56.1 Å². The van der Waals surface area contributed by atoms with Crippen molar-refractivity contribution in [2.24, 2.45) is 5.92 Å². The number of methoxy groups -OCH3 is 1. The van der Waals surface area contributed by atoms with E-state index < -0.39 is 16.6 Å². The maximum atomic E-state index is 11.7. The zero-order valence-electron chi connectivity index (χ0n) is 9.92. The van der Waals surface area contributed by atoms with E-state index in [9.17, 15) is 4.79 Å². The molecule has 0 aromatic rings. The quantitative estimate of drug-likeness (QED) is 0.427. The fourth-order valence-electron chi connectivity index (χ4n) is 3.06. The lowest BCUT2D eigenvalue weighted by Crippen LogP contribution is -2.35. The second kappa shape index (κ2) is 4.19. The summed E-state index contributed by atoms with van der Waals surface area (Å²) in [4.78, 5) is 11.7. The van der Waals surface area contributed by atoms with Crippen LogP contribution in [0.25, 0.3) is 0 Å². The monoisotopic (exact) mass is 246 g/mol. The third-order valence-electron chi connectivity index (χ3n) is 4.03. The minimum absolute atomic E-state index is 0.381. The number of ether oxygens (including phenoxy) is 2. The van der Waals surface area contributed by atoms with Crippen LogP contribution in [0.2, 0.25) is 0 Å². The van der Waals surface area contributed by atoms with Gasteiger partial charge in [0.2, 0.25) is 0 Å². The minimum Gasteiger partial charge on any atom is -0.466 e. The van der Waals surface area contributed by atoms with Crippen LogP contribution in [0.3, 0.4) is 0 Å². The average molecular weight is 247 g/mol. The number of halogens is 1. The van der Waals surface area contributed by atoms with Crippen molar-refractivity contribution in [1.82, 2.24) is 0 Å². The molecule has 3 nitrogen and oxygen atoms in total. The Labute approximate surface area is 101 Å². The van der Waals surface area contributed by atoms with E-state index >= 15 is 0 Å². The van der Waals surface area contributed by atoms with Gasteiger partial charge in [0, 0.05) is 0 Å². The van der Waals surface area contributed by atoms with Gasteiger partial charge in [-0.25, -0.2) is 4.79 Å². The Morgan fingerprint density at radius 3 is 2.88 bits per heavy atom. The number of hydrogen-bond donors (Lipinski definition) is 0. The molecule has 4 heteroatoms. The summed E-state index contributed by atoms with van der Waals surface area (Å²) in [6, 6.07) is 0. The van der Waals surface area contributed by atoms with Crippen LogP contribution in [-0.2, 0) is 14.3 Å². The molecule has 0 bridgehead atoms. The highest BCUT2D eigenvalue weighted by Gasteiger charge is 2.77. The second-order valence-corrected chi connectivity index (χ2v) is 5.32. The van der Waals surface area contributed by atoms with E-state index in [-0.39, 0.29) is 0 Å². The van der Waals surface area contributed by atoms with Crippen LogP contribution in [0.5, 0.6) is 0 Å². The van der Waals surface area contributed by atoms with Gasteiger partial charge in [-0.3, -0.25) is 0 Å². The summed E-state index contributed by atoms with van der Waals surface area (Å²) in [5.41, 5.74) is -0.451. The van der Waals surface area contributed by atoms with Gasteiger partial charge >= 0.3 is 5.97 Å². The number of epoxide rings is 1. The molecule has 2 fully saturated rings. The molecule has 1 heterocycles. The van der Waals surface area contributed by atoms with Gasteiger partial charge in [-0.15, -0.1) is 0 Å². The molecule has 1 aliphatic carbocycles. The van der Waals surface area contributed by atoms with Gasteiger partial charge in [-0.05, 0) is 18.8 Å². The lowest BCUT2D eigenvalue weighted by molar-refractivity contribution is -0.143. The van der Waals surface area contributed by atoms with Crippen LogP contribution in [0.15, 0.2) is 0 Å². The number of alkyl halides is 1. The molecule has 1 aliphatic heterocycles. The van der Waals surface area contributed by atoms with Gasteiger partial charge in [-0.1, -0.05) is 44.2 Å². The fraction of sp³-hybridized carbons (Fsp3) is 0.917. The Hall–Kier alpha value is -0.280. The summed E-state index contributed by atoms with van der Waals surface area (Å²) >= 11 is 6.28. The van der Waals surface area contributed by atoms with E-state index in [1.807, 2.05) is 0 Å². The molecule has 0 N–H and O–H groups in total.